The first-order valence-electron chi connectivity index (χ1n) is 13.1. The van der Waals surface area contributed by atoms with Gasteiger partial charge in [0.2, 0.25) is 5.91 Å². The van der Waals surface area contributed by atoms with Crippen molar-refractivity contribution in [2.24, 2.45) is 17.8 Å². The molecule has 2 aromatic rings. The first-order valence-corrected chi connectivity index (χ1v) is 13.5. The highest BCUT2D eigenvalue weighted by atomic mass is 35.5. The molecule has 0 aliphatic carbocycles. The van der Waals surface area contributed by atoms with E-state index in [1.165, 1.54) is 12.8 Å². The molecule has 1 amide bonds. The lowest BCUT2D eigenvalue weighted by Gasteiger charge is -2.26. The summed E-state index contributed by atoms with van der Waals surface area (Å²) in [7, 11) is 0. The van der Waals surface area contributed by atoms with Gasteiger partial charge in [-0.25, -0.2) is 4.98 Å². The van der Waals surface area contributed by atoms with Crippen molar-refractivity contribution in [2.45, 2.75) is 52.9 Å². The van der Waals surface area contributed by atoms with Gasteiger partial charge in [-0.15, -0.1) is 0 Å². The summed E-state index contributed by atoms with van der Waals surface area (Å²) < 4.78 is 5.44. The summed E-state index contributed by atoms with van der Waals surface area (Å²) in [4.78, 5) is 17.0. The average Bonchev–Trinajstić information content (AvgIpc) is 2.89. The van der Waals surface area contributed by atoms with Crippen LogP contribution in [0.5, 0.6) is 0 Å². The topological polar surface area (TPSA) is 75.3 Å². The van der Waals surface area contributed by atoms with Crippen molar-refractivity contribution < 1.29 is 9.53 Å². The first kappa shape index (κ1) is 27.4. The number of unbranched alkanes of at least 4 members (excludes halogenated alkanes) is 1. The van der Waals surface area contributed by atoms with Crippen LogP contribution in [0.3, 0.4) is 0 Å². The Morgan fingerprint density at radius 3 is 2.66 bits per heavy atom. The van der Waals surface area contributed by atoms with Crippen molar-refractivity contribution >= 4 is 29.0 Å². The number of rotatable bonds is 7. The Hall–Kier alpha value is -2.15. The van der Waals surface area contributed by atoms with Gasteiger partial charge in [0.25, 0.3) is 0 Å². The van der Waals surface area contributed by atoms with Crippen LogP contribution in [0.25, 0.3) is 11.1 Å². The fourth-order valence-electron chi connectivity index (χ4n) is 4.32. The highest BCUT2D eigenvalue weighted by Gasteiger charge is 2.25. The Bertz CT molecular complexity index is 931. The lowest BCUT2D eigenvalue weighted by atomic mass is 9.91. The maximum Gasteiger partial charge on any atom is 0.229 e. The van der Waals surface area contributed by atoms with Crippen LogP contribution in [-0.2, 0) is 9.53 Å². The number of carbonyl (C=O) groups is 1. The van der Waals surface area contributed by atoms with Gasteiger partial charge < -0.3 is 20.7 Å². The van der Waals surface area contributed by atoms with Gasteiger partial charge in [-0.05, 0) is 61.4 Å². The van der Waals surface area contributed by atoms with E-state index in [0.29, 0.717) is 29.2 Å². The number of pyridine rings is 1. The zero-order valence-electron chi connectivity index (χ0n) is 21.4. The number of piperidine rings is 1. The second-order valence-electron chi connectivity index (χ2n) is 9.75. The number of ether oxygens (including phenoxy) is 1. The molecule has 4 rings (SSSR count). The minimum absolute atomic E-state index is 0.00620. The Kier molecular flexibility index (Phi) is 11.3. The monoisotopic (exact) mass is 500 g/mol. The lowest BCUT2D eigenvalue weighted by molar-refractivity contribution is -0.120. The molecule has 0 radical (unpaired) electrons. The molecule has 2 aliphatic heterocycles. The van der Waals surface area contributed by atoms with E-state index in [4.69, 9.17) is 16.3 Å². The predicted molar refractivity (Wildman–Crippen MR) is 146 cm³/mol. The minimum atomic E-state index is -0.0395. The summed E-state index contributed by atoms with van der Waals surface area (Å²) in [5.74, 6) is 1.63. The molecule has 192 valence electrons. The number of carbonyl (C=O) groups excluding carboxylic acids is 1. The maximum atomic E-state index is 12.7. The second-order valence-corrected chi connectivity index (χ2v) is 10.2. The van der Waals surface area contributed by atoms with E-state index < -0.39 is 0 Å². The van der Waals surface area contributed by atoms with Crippen molar-refractivity contribution in [2.75, 3.05) is 43.5 Å². The lowest BCUT2D eigenvalue weighted by Crippen LogP contribution is -2.41. The highest BCUT2D eigenvalue weighted by Crippen LogP contribution is 2.31. The van der Waals surface area contributed by atoms with Crippen molar-refractivity contribution in [3.8, 4) is 11.1 Å². The standard InChI is InChI=1S/C24H31ClN4O2.C4H10/c1-16-9-19(14-26-12-16)24(30)29-23-11-21(22(25)15-28-23)18-3-2-4-20(10-18)27-13-17-5-7-31-8-6-17;1-3-4-2/h2-4,10-11,15-17,19,26-27H,5-9,12-14H2,1H3,(H,28,29,30);3-4H2,1-2H3. The van der Waals surface area contributed by atoms with Crippen molar-refractivity contribution in [1.29, 1.82) is 0 Å². The van der Waals surface area contributed by atoms with E-state index in [1.54, 1.807) is 6.20 Å². The van der Waals surface area contributed by atoms with Crippen LogP contribution in [0, 0.1) is 17.8 Å². The van der Waals surface area contributed by atoms with Gasteiger partial charge in [0, 0.05) is 43.8 Å². The SMILES string of the molecule is CC1CNCC(C(=O)Nc2cc(-c3cccc(NCC4CCOCC4)c3)c(Cl)cn2)C1.CCCC. The van der Waals surface area contributed by atoms with Crippen molar-refractivity contribution in [3.63, 3.8) is 0 Å². The molecule has 2 unspecified atom stereocenters. The minimum Gasteiger partial charge on any atom is -0.385 e. The smallest absolute Gasteiger partial charge is 0.229 e. The zero-order valence-corrected chi connectivity index (χ0v) is 22.2. The third-order valence-corrected chi connectivity index (χ3v) is 6.96. The van der Waals surface area contributed by atoms with E-state index in [9.17, 15) is 4.79 Å². The molecule has 6 nitrogen and oxygen atoms in total. The molecule has 1 aromatic heterocycles. The highest BCUT2D eigenvalue weighted by molar-refractivity contribution is 6.33. The molecule has 0 bridgehead atoms. The summed E-state index contributed by atoms with van der Waals surface area (Å²) in [6.45, 7) is 10.8. The Morgan fingerprint density at radius 1 is 1.17 bits per heavy atom. The van der Waals surface area contributed by atoms with Crippen LogP contribution in [-0.4, -0.2) is 43.7 Å². The molecule has 0 spiro atoms. The molecule has 7 heteroatoms. The zero-order chi connectivity index (χ0) is 25.0. The van der Waals surface area contributed by atoms with Crippen LogP contribution >= 0.6 is 11.6 Å². The van der Waals surface area contributed by atoms with Gasteiger partial charge in [0.15, 0.2) is 0 Å². The largest absolute Gasteiger partial charge is 0.385 e. The number of halogens is 1. The fraction of sp³-hybridized carbons (Fsp3) is 0.571. The van der Waals surface area contributed by atoms with Gasteiger partial charge >= 0.3 is 0 Å². The van der Waals surface area contributed by atoms with Crippen LogP contribution in [0.15, 0.2) is 36.5 Å². The summed E-state index contributed by atoms with van der Waals surface area (Å²) in [5.41, 5.74) is 2.91. The van der Waals surface area contributed by atoms with E-state index in [-0.39, 0.29) is 11.8 Å². The predicted octanol–water partition coefficient (Wildman–Crippen LogP) is 6.23. The van der Waals surface area contributed by atoms with Crippen molar-refractivity contribution in [1.82, 2.24) is 10.3 Å². The van der Waals surface area contributed by atoms with Gasteiger partial charge in [0.05, 0.1) is 10.9 Å². The van der Waals surface area contributed by atoms with Crippen LogP contribution < -0.4 is 16.0 Å². The first-order chi connectivity index (χ1) is 17.0. The Labute approximate surface area is 215 Å². The van der Waals surface area contributed by atoms with Gasteiger partial charge in [-0.3, -0.25) is 4.79 Å². The average molecular weight is 501 g/mol. The van der Waals surface area contributed by atoms with E-state index >= 15 is 0 Å². The van der Waals surface area contributed by atoms with Crippen LogP contribution in [0.2, 0.25) is 5.02 Å². The number of hydrogen-bond donors (Lipinski definition) is 3. The molecule has 2 saturated heterocycles. The molecule has 1 aromatic carbocycles. The number of hydrogen-bond acceptors (Lipinski definition) is 5. The number of nitrogens with zero attached hydrogens (tertiary/aromatic N) is 1. The van der Waals surface area contributed by atoms with E-state index in [0.717, 1.165) is 62.4 Å². The molecule has 2 aliphatic rings. The molecular weight excluding hydrogens is 460 g/mol. The maximum absolute atomic E-state index is 12.7. The molecule has 3 N–H and O–H groups in total. The fourth-order valence-corrected chi connectivity index (χ4v) is 4.53. The van der Waals surface area contributed by atoms with Crippen LogP contribution in [0.1, 0.15) is 52.9 Å². The number of benzene rings is 1. The number of nitrogens with one attached hydrogen (secondary N) is 3. The van der Waals surface area contributed by atoms with E-state index in [2.05, 4.69) is 53.8 Å². The quantitative estimate of drug-likeness (QED) is 0.420. The van der Waals surface area contributed by atoms with Gasteiger partial charge in [-0.1, -0.05) is 57.3 Å². The molecule has 3 heterocycles. The Morgan fingerprint density at radius 2 is 1.94 bits per heavy atom. The normalized spacial score (nSPS) is 20.5. The molecular formula is C28H41ClN4O2. The summed E-state index contributed by atoms with van der Waals surface area (Å²) in [6, 6.07) is 10.1. The summed E-state index contributed by atoms with van der Waals surface area (Å²) in [6.07, 6.45) is 7.33. The summed E-state index contributed by atoms with van der Waals surface area (Å²) >= 11 is 6.47. The molecule has 2 fully saturated rings. The number of anilines is 2. The van der Waals surface area contributed by atoms with E-state index in [1.807, 2.05) is 18.2 Å². The summed E-state index contributed by atoms with van der Waals surface area (Å²) in [5, 5.41) is 10.4. The molecule has 35 heavy (non-hydrogen) atoms. The number of amides is 1. The molecule has 0 saturated carbocycles. The van der Waals surface area contributed by atoms with Crippen LogP contribution in [0.4, 0.5) is 11.5 Å². The van der Waals surface area contributed by atoms with Crippen molar-refractivity contribution in [3.05, 3.63) is 41.6 Å². The van der Waals surface area contributed by atoms with Gasteiger partial charge in [-0.2, -0.15) is 0 Å². The third kappa shape index (κ3) is 8.78. The number of aromatic nitrogens is 1. The Balaban J connectivity index is 0.000000795. The molecule has 2 atom stereocenters. The third-order valence-electron chi connectivity index (χ3n) is 6.66. The second kappa shape index (κ2) is 14.4. The van der Waals surface area contributed by atoms with Gasteiger partial charge in [0.1, 0.15) is 5.82 Å².